The van der Waals surface area contributed by atoms with E-state index in [1.54, 1.807) is 12.1 Å². The molecule has 2 rings (SSSR count). The number of halogens is 1. The van der Waals surface area contributed by atoms with Gasteiger partial charge in [0.15, 0.2) is 0 Å². The van der Waals surface area contributed by atoms with Crippen LogP contribution < -0.4 is 5.73 Å². The molecule has 1 aromatic carbocycles. The molecule has 2 aromatic rings. The van der Waals surface area contributed by atoms with Crippen LogP contribution in [0.5, 0.6) is 0 Å². The topological polar surface area (TPSA) is 99.9 Å². The Balaban J connectivity index is 2.27. The molecule has 88 valence electrons. The lowest BCUT2D eigenvalue weighted by Crippen LogP contribution is -2.03. The monoisotopic (exact) mass is 297 g/mol. The maximum absolute atomic E-state index is 10.5. The van der Waals surface area contributed by atoms with Gasteiger partial charge in [-0.25, -0.2) is 0 Å². The predicted octanol–water partition coefficient (Wildman–Crippen LogP) is 1.58. The number of anilines is 1. The molecule has 0 fully saturated rings. The number of hydrogen-bond donors (Lipinski definition) is 1. The van der Waals surface area contributed by atoms with Gasteiger partial charge in [0, 0.05) is 26.7 Å². The van der Waals surface area contributed by atoms with Gasteiger partial charge in [-0.05, 0) is 27.6 Å². The number of nitrogen functional groups attached to an aromatic ring is 1. The second kappa shape index (κ2) is 4.50. The average Bonchev–Trinajstić information content (AvgIpc) is 2.61. The lowest BCUT2D eigenvalue weighted by Gasteiger charge is -2.00. The molecule has 0 aliphatic rings. The summed E-state index contributed by atoms with van der Waals surface area (Å²) in [6.07, 6.45) is 0. The highest BCUT2D eigenvalue weighted by Crippen LogP contribution is 2.15. The summed E-state index contributed by atoms with van der Waals surface area (Å²) < 4.78 is 1.71. The summed E-state index contributed by atoms with van der Waals surface area (Å²) in [4.78, 5) is 13.5. The first-order chi connectivity index (χ1) is 8.06. The quantitative estimate of drug-likeness (QED) is 0.527. The predicted molar refractivity (Wildman–Crippen MR) is 64.3 cm³/mol. The zero-order valence-corrected chi connectivity index (χ0v) is 10.2. The van der Waals surface area contributed by atoms with Crippen LogP contribution in [0.15, 0.2) is 29.0 Å². The Morgan fingerprint density at radius 2 is 2.29 bits per heavy atom. The van der Waals surface area contributed by atoms with Gasteiger partial charge in [0.2, 0.25) is 0 Å². The Bertz CT molecular complexity index is 568. The van der Waals surface area contributed by atoms with Crippen molar-refractivity contribution >= 4 is 27.6 Å². The van der Waals surface area contributed by atoms with E-state index in [9.17, 15) is 10.1 Å². The third kappa shape index (κ3) is 2.59. The zero-order valence-electron chi connectivity index (χ0n) is 8.58. The first-order valence-electron chi connectivity index (χ1n) is 4.65. The molecule has 0 bridgehead atoms. The maximum Gasteiger partial charge on any atom is 0.492 e. The Kier molecular flexibility index (Phi) is 3.05. The fourth-order valence-electron chi connectivity index (χ4n) is 1.35. The summed E-state index contributed by atoms with van der Waals surface area (Å²) in [5.41, 5.74) is 7.17. The van der Waals surface area contributed by atoms with Crippen LogP contribution in [0.2, 0.25) is 0 Å². The summed E-state index contributed by atoms with van der Waals surface area (Å²) in [6, 6.07) is 7.21. The Morgan fingerprint density at radius 1 is 1.53 bits per heavy atom. The summed E-state index contributed by atoms with van der Waals surface area (Å²) in [6.45, 7) is 0.368. The Labute approximate surface area is 105 Å². The molecule has 0 spiro atoms. The van der Waals surface area contributed by atoms with Gasteiger partial charge >= 0.3 is 5.95 Å². The van der Waals surface area contributed by atoms with Gasteiger partial charge in [-0.1, -0.05) is 12.1 Å². The lowest BCUT2D eigenvalue weighted by atomic mass is 10.2. The van der Waals surface area contributed by atoms with E-state index in [2.05, 4.69) is 26.0 Å². The largest absolute Gasteiger partial charge is 0.492 e. The van der Waals surface area contributed by atoms with Gasteiger partial charge in [0.25, 0.3) is 4.73 Å². The van der Waals surface area contributed by atoms with Crippen molar-refractivity contribution < 1.29 is 4.92 Å². The van der Waals surface area contributed by atoms with Crippen LogP contribution in [0.3, 0.4) is 0 Å². The van der Waals surface area contributed by atoms with Crippen molar-refractivity contribution in [1.82, 2.24) is 14.8 Å². The fraction of sp³-hybridized carbons (Fsp3) is 0.111. The number of nitro groups is 1. The molecule has 1 aromatic heterocycles. The minimum Gasteiger partial charge on any atom is -0.399 e. The van der Waals surface area contributed by atoms with Crippen molar-refractivity contribution in [2.45, 2.75) is 6.54 Å². The van der Waals surface area contributed by atoms with Crippen LogP contribution in [0.4, 0.5) is 11.6 Å². The number of aromatic nitrogens is 3. The Morgan fingerprint density at radius 3 is 2.88 bits per heavy atom. The van der Waals surface area contributed by atoms with E-state index in [1.807, 2.05) is 12.1 Å². The standard InChI is InChI=1S/C9H8BrN5O2/c10-8-12-9(15(16)17)13-14(8)5-6-2-1-3-7(11)4-6/h1-4H,5,11H2. The van der Waals surface area contributed by atoms with Crippen LogP contribution in [0.25, 0.3) is 0 Å². The second-order valence-corrected chi connectivity index (χ2v) is 4.05. The number of benzene rings is 1. The molecule has 0 saturated heterocycles. The van der Waals surface area contributed by atoms with Crippen molar-refractivity contribution in [2.75, 3.05) is 5.73 Å². The molecule has 0 unspecified atom stereocenters. The minimum absolute atomic E-state index is 0.312. The molecule has 17 heavy (non-hydrogen) atoms. The van der Waals surface area contributed by atoms with Gasteiger partial charge < -0.3 is 15.8 Å². The highest BCUT2D eigenvalue weighted by atomic mass is 79.9. The van der Waals surface area contributed by atoms with Crippen molar-refractivity contribution in [2.24, 2.45) is 0 Å². The van der Waals surface area contributed by atoms with Crippen LogP contribution >= 0.6 is 15.9 Å². The average molecular weight is 298 g/mol. The van der Waals surface area contributed by atoms with Crippen LogP contribution in [0, 0.1) is 10.1 Å². The van der Waals surface area contributed by atoms with Crippen molar-refractivity contribution in [1.29, 1.82) is 0 Å². The van der Waals surface area contributed by atoms with Crippen molar-refractivity contribution in [3.8, 4) is 0 Å². The van der Waals surface area contributed by atoms with E-state index >= 15 is 0 Å². The molecule has 0 saturated carbocycles. The van der Waals surface area contributed by atoms with Crippen LogP contribution in [0.1, 0.15) is 5.56 Å². The summed E-state index contributed by atoms with van der Waals surface area (Å²) in [7, 11) is 0. The number of hydrogen-bond acceptors (Lipinski definition) is 5. The van der Waals surface area contributed by atoms with Crippen LogP contribution in [-0.2, 0) is 6.54 Å². The maximum atomic E-state index is 10.5. The highest BCUT2D eigenvalue weighted by Gasteiger charge is 2.19. The van der Waals surface area contributed by atoms with Gasteiger partial charge in [0.1, 0.15) is 0 Å². The minimum atomic E-state index is -0.638. The fourth-order valence-corrected chi connectivity index (χ4v) is 1.72. The van der Waals surface area contributed by atoms with Gasteiger partial charge in [-0.3, -0.25) is 0 Å². The molecule has 0 aliphatic carbocycles. The molecular weight excluding hydrogens is 290 g/mol. The van der Waals surface area contributed by atoms with Gasteiger partial charge in [-0.15, -0.1) is 0 Å². The molecule has 0 radical (unpaired) electrons. The Hall–Kier alpha value is -1.96. The summed E-state index contributed by atoms with van der Waals surface area (Å²) >= 11 is 3.12. The smallest absolute Gasteiger partial charge is 0.399 e. The third-order valence-corrected chi connectivity index (χ3v) is 2.65. The first kappa shape index (κ1) is 11.5. The van der Waals surface area contributed by atoms with E-state index in [1.165, 1.54) is 4.68 Å². The van der Waals surface area contributed by atoms with E-state index < -0.39 is 10.9 Å². The highest BCUT2D eigenvalue weighted by molar-refractivity contribution is 9.10. The van der Waals surface area contributed by atoms with E-state index in [0.29, 0.717) is 17.0 Å². The van der Waals surface area contributed by atoms with Crippen molar-refractivity contribution in [3.63, 3.8) is 0 Å². The normalized spacial score (nSPS) is 10.4. The number of nitrogens with two attached hydrogens (primary N) is 1. The van der Waals surface area contributed by atoms with Crippen LogP contribution in [-0.4, -0.2) is 19.7 Å². The zero-order chi connectivity index (χ0) is 12.4. The summed E-state index contributed by atoms with van der Waals surface area (Å²) in [5, 5.41) is 14.3. The molecule has 0 atom stereocenters. The SMILES string of the molecule is Nc1cccc(Cn2nc([N+](=O)[O-])nc2Br)c1. The third-order valence-electron chi connectivity index (χ3n) is 2.06. The number of nitrogens with zero attached hydrogens (tertiary/aromatic N) is 4. The van der Waals surface area contributed by atoms with E-state index in [-0.39, 0.29) is 0 Å². The molecule has 1 heterocycles. The van der Waals surface area contributed by atoms with E-state index in [4.69, 9.17) is 5.73 Å². The second-order valence-electron chi connectivity index (χ2n) is 3.34. The molecule has 0 amide bonds. The van der Waals surface area contributed by atoms with E-state index in [0.717, 1.165) is 5.56 Å². The first-order valence-corrected chi connectivity index (χ1v) is 5.44. The molecule has 2 N–H and O–H groups in total. The van der Waals surface area contributed by atoms with Crippen molar-refractivity contribution in [3.05, 3.63) is 44.7 Å². The molecule has 7 nitrogen and oxygen atoms in total. The number of rotatable bonds is 3. The lowest BCUT2D eigenvalue weighted by molar-refractivity contribution is -0.394. The van der Waals surface area contributed by atoms with Gasteiger partial charge in [0.05, 0.1) is 6.54 Å². The van der Waals surface area contributed by atoms with Gasteiger partial charge in [-0.2, -0.15) is 4.68 Å². The molecule has 0 aliphatic heterocycles. The molecular formula is C9H8BrN5O2. The molecule has 8 heteroatoms. The summed E-state index contributed by atoms with van der Waals surface area (Å²) in [5.74, 6) is -0.430.